The van der Waals surface area contributed by atoms with Crippen molar-refractivity contribution in [2.75, 3.05) is 26.3 Å². The SMILES string of the molecule is CC1(CNCc2ccc(CCN)cc2)CCOCC1. The van der Waals surface area contributed by atoms with Crippen molar-refractivity contribution in [1.82, 2.24) is 5.32 Å². The van der Waals surface area contributed by atoms with Gasteiger partial charge in [0.15, 0.2) is 0 Å². The van der Waals surface area contributed by atoms with Crippen molar-refractivity contribution < 1.29 is 4.74 Å². The lowest BCUT2D eigenvalue weighted by atomic mass is 9.82. The van der Waals surface area contributed by atoms with E-state index < -0.39 is 0 Å². The zero-order valence-corrected chi connectivity index (χ0v) is 12.0. The summed E-state index contributed by atoms with van der Waals surface area (Å²) in [5.41, 5.74) is 8.62. The zero-order chi connectivity index (χ0) is 13.6. The molecule has 0 aliphatic carbocycles. The van der Waals surface area contributed by atoms with Gasteiger partial charge in [0.2, 0.25) is 0 Å². The van der Waals surface area contributed by atoms with E-state index in [-0.39, 0.29) is 0 Å². The van der Waals surface area contributed by atoms with Gasteiger partial charge in [0.25, 0.3) is 0 Å². The quantitative estimate of drug-likeness (QED) is 0.825. The summed E-state index contributed by atoms with van der Waals surface area (Å²) in [4.78, 5) is 0. The molecule has 1 aliphatic heterocycles. The molecule has 2 rings (SSSR count). The summed E-state index contributed by atoms with van der Waals surface area (Å²) >= 11 is 0. The smallest absolute Gasteiger partial charge is 0.0471 e. The second kappa shape index (κ2) is 7.04. The van der Waals surface area contributed by atoms with Gasteiger partial charge in [0.1, 0.15) is 0 Å². The number of hydrogen-bond acceptors (Lipinski definition) is 3. The first-order valence-electron chi connectivity index (χ1n) is 7.28. The van der Waals surface area contributed by atoms with E-state index in [0.717, 1.165) is 52.1 Å². The van der Waals surface area contributed by atoms with Crippen LogP contribution in [0.2, 0.25) is 0 Å². The van der Waals surface area contributed by atoms with Gasteiger partial charge in [-0.25, -0.2) is 0 Å². The second-order valence-corrected chi connectivity index (χ2v) is 5.88. The Balaban J connectivity index is 1.75. The average molecular weight is 262 g/mol. The Labute approximate surface area is 116 Å². The molecule has 3 nitrogen and oxygen atoms in total. The van der Waals surface area contributed by atoms with Crippen LogP contribution in [0, 0.1) is 5.41 Å². The number of ether oxygens (including phenoxy) is 1. The third-order valence-corrected chi connectivity index (χ3v) is 4.04. The molecule has 1 saturated heterocycles. The van der Waals surface area contributed by atoms with Gasteiger partial charge in [-0.05, 0) is 42.3 Å². The number of hydrogen-bond donors (Lipinski definition) is 2. The molecule has 1 aliphatic rings. The largest absolute Gasteiger partial charge is 0.381 e. The predicted molar refractivity (Wildman–Crippen MR) is 79.1 cm³/mol. The Morgan fingerprint density at radius 2 is 1.79 bits per heavy atom. The Kier molecular flexibility index (Phi) is 5.37. The van der Waals surface area contributed by atoms with Crippen molar-refractivity contribution in [1.29, 1.82) is 0 Å². The highest BCUT2D eigenvalue weighted by Gasteiger charge is 2.26. The van der Waals surface area contributed by atoms with Crippen molar-refractivity contribution >= 4 is 0 Å². The fourth-order valence-electron chi connectivity index (χ4n) is 2.54. The minimum absolute atomic E-state index is 0.401. The third-order valence-electron chi connectivity index (χ3n) is 4.04. The molecule has 0 aromatic heterocycles. The van der Waals surface area contributed by atoms with Crippen molar-refractivity contribution in [2.24, 2.45) is 11.1 Å². The van der Waals surface area contributed by atoms with Gasteiger partial charge in [0.05, 0.1) is 0 Å². The highest BCUT2D eigenvalue weighted by Crippen LogP contribution is 2.28. The van der Waals surface area contributed by atoms with Gasteiger partial charge < -0.3 is 15.8 Å². The fraction of sp³-hybridized carbons (Fsp3) is 0.625. The number of rotatable bonds is 6. The van der Waals surface area contributed by atoms with E-state index in [9.17, 15) is 0 Å². The lowest BCUT2D eigenvalue weighted by Gasteiger charge is -2.33. The first-order valence-corrected chi connectivity index (χ1v) is 7.28. The fourth-order valence-corrected chi connectivity index (χ4v) is 2.54. The zero-order valence-electron chi connectivity index (χ0n) is 12.0. The molecule has 3 N–H and O–H groups in total. The summed E-state index contributed by atoms with van der Waals surface area (Å²) in [6.45, 7) is 6.91. The van der Waals surface area contributed by atoms with Crippen molar-refractivity contribution in [3.8, 4) is 0 Å². The first kappa shape index (κ1) is 14.5. The average Bonchev–Trinajstić information content (AvgIpc) is 2.42. The molecule has 0 radical (unpaired) electrons. The Morgan fingerprint density at radius 3 is 2.42 bits per heavy atom. The molecule has 1 heterocycles. The summed E-state index contributed by atoms with van der Waals surface area (Å²) in [6, 6.07) is 8.76. The molecule has 106 valence electrons. The Hall–Kier alpha value is -0.900. The monoisotopic (exact) mass is 262 g/mol. The van der Waals surface area contributed by atoms with E-state index in [1.54, 1.807) is 0 Å². The topological polar surface area (TPSA) is 47.3 Å². The molecule has 1 fully saturated rings. The maximum atomic E-state index is 5.55. The molecular weight excluding hydrogens is 236 g/mol. The van der Waals surface area contributed by atoms with Crippen LogP contribution in [0.25, 0.3) is 0 Å². The van der Waals surface area contributed by atoms with E-state index >= 15 is 0 Å². The molecule has 1 aromatic rings. The van der Waals surface area contributed by atoms with Gasteiger partial charge in [-0.15, -0.1) is 0 Å². The Morgan fingerprint density at radius 1 is 1.16 bits per heavy atom. The first-order chi connectivity index (χ1) is 9.22. The summed E-state index contributed by atoms with van der Waals surface area (Å²) in [5, 5.41) is 3.58. The van der Waals surface area contributed by atoms with Crippen LogP contribution in [0.1, 0.15) is 30.9 Å². The summed E-state index contributed by atoms with van der Waals surface area (Å²) in [5.74, 6) is 0. The second-order valence-electron chi connectivity index (χ2n) is 5.88. The van der Waals surface area contributed by atoms with Crippen LogP contribution in [0.15, 0.2) is 24.3 Å². The van der Waals surface area contributed by atoms with Gasteiger partial charge in [-0.3, -0.25) is 0 Å². The molecule has 0 spiro atoms. The van der Waals surface area contributed by atoms with Crippen molar-refractivity contribution in [2.45, 2.75) is 32.7 Å². The molecule has 0 atom stereocenters. The molecule has 1 aromatic carbocycles. The summed E-state index contributed by atoms with van der Waals surface area (Å²) < 4.78 is 5.43. The van der Waals surface area contributed by atoms with E-state index in [2.05, 4.69) is 36.5 Å². The lowest BCUT2D eigenvalue weighted by molar-refractivity contribution is 0.0240. The van der Waals surface area contributed by atoms with Gasteiger partial charge in [-0.2, -0.15) is 0 Å². The van der Waals surface area contributed by atoms with Crippen LogP contribution >= 0.6 is 0 Å². The molecule has 0 saturated carbocycles. The minimum Gasteiger partial charge on any atom is -0.381 e. The van der Waals surface area contributed by atoms with Crippen molar-refractivity contribution in [3.05, 3.63) is 35.4 Å². The van der Waals surface area contributed by atoms with Crippen LogP contribution in [-0.2, 0) is 17.7 Å². The van der Waals surface area contributed by atoms with E-state index in [1.807, 2.05) is 0 Å². The van der Waals surface area contributed by atoms with Gasteiger partial charge >= 0.3 is 0 Å². The molecular formula is C16H26N2O. The number of nitrogens with two attached hydrogens (primary N) is 1. The van der Waals surface area contributed by atoms with Crippen LogP contribution in [-0.4, -0.2) is 26.3 Å². The summed E-state index contributed by atoms with van der Waals surface area (Å²) in [7, 11) is 0. The maximum absolute atomic E-state index is 5.55. The molecule has 19 heavy (non-hydrogen) atoms. The highest BCUT2D eigenvalue weighted by molar-refractivity contribution is 5.22. The van der Waals surface area contributed by atoms with Crippen LogP contribution in [0.3, 0.4) is 0 Å². The normalized spacial score (nSPS) is 18.4. The van der Waals surface area contributed by atoms with Crippen LogP contribution in [0.4, 0.5) is 0 Å². The van der Waals surface area contributed by atoms with E-state index in [4.69, 9.17) is 10.5 Å². The minimum atomic E-state index is 0.401. The maximum Gasteiger partial charge on any atom is 0.0471 e. The van der Waals surface area contributed by atoms with Crippen LogP contribution < -0.4 is 11.1 Å². The van der Waals surface area contributed by atoms with Gasteiger partial charge in [-0.1, -0.05) is 31.2 Å². The number of nitrogens with one attached hydrogen (secondary N) is 1. The third kappa shape index (κ3) is 4.60. The van der Waals surface area contributed by atoms with E-state index in [0.29, 0.717) is 5.41 Å². The molecule has 0 bridgehead atoms. The van der Waals surface area contributed by atoms with E-state index in [1.165, 1.54) is 11.1 Å². The molecule has 0 unspecified atom stereocenters. The van der Waals surface area contributed by atoms with Crippen molar-refractivity contribution in [3.63, 3.8) is 0 Å². The molecule has 3 heteroatoms. The Bertz CT molecular complexity index is 369. The summed E-state index contributed by atoms with van der Waals surface area (Å²) in [6.07, 6.45) is 3.29. The lowest BCUT2D eigenvalue weighted by Crippen LogP contribution is -2.36. The van der Waals surface area contributed by atoms with Gasteiger partial charge in [0, 0.05) is 26.3 Å². The standard InChI is InChI=1S/C16H26N2O/c1-16(7-10-19-11-8-16)13-18-12-15-4-2-14(3-5-15)6-9-17/h2-5,18H,6-13,17H2,1H3. The van der Waals surface area contributed by atoms with Crippen LogP contribution in [0.5, 0.6) is 0 Å². The number of benzene rings is 1. The molecule has 0 amide bonds. The highest BCUT2D eigenvalue weighted by atomic mass is 16.5. The predicted octanol–water partition coefficient (Wildman–Crippen LogP) is 2.09.